The molecule has 2 aromatic carbocycles. The summed E-state index contributed by atoms with van der Waals surface area (Å²) in [7, 11) is 0. The molecule has 0 spiro atoms. The second kappa shape index (κ2) is 10.4. The van der Waals surface area contributed by atoms with Gasteiger partial charge in [-0.25, -0.2) is 4.39 Å². The van der Waals surface area contributed by atoms with E-state index in [0.717, 1.165) is 43.4 Å². The maximum Gasteiger partial charge on any atom is 0.420 e. The van der Waals surface area contributed by atoms with Crippen molar-refractivity contribution in [1.29, 1.82) is 5.26 Å². The summed E-state index contributed by atoms with van der Waals surface area (Å²) in [6, 6.07) is 12.1. The van der Waals surface area contributed by atoms with Gasteiger partial charge in [0, 0.05) is 56.1 Å². The number of benzene rings is 2. The Morgan fingerprint density at radius 2 is 1.54 bits per heavy atom. The molecule has 0 saturated carbocycles. The molecule has 0 aromatic heterocycles. The molecule has 0 radical (unpaired) electrons. The van der Waals surface area contributed by atoms with E-state index in [1.807, 2.05) is 6.92 Å². The molecule has 0 aliphatic carbocycles. The highest BCUT2D eigenvalue weighted by atomic mass is 19.4. The maximum absolute atomic E-state index is 14.9. The number of alkyl halides is 3. The molecule has 3 heterocycles. The van der Waals surface area contributed by atoms with Crippen LogP contribution in [0.3, 0.4) is 0 Å². The quantitative estimate of drug-likeness (QED) is 0.530. The molecule has 3 aliphatic heterocycles. The Hall–Kier alpha value is -3.03. The molecule has 3 aliphatic rings. The van der Waals surface area contributed by atoms with Gasteiger partial charge in [0.15, 0.2) is 12.1 Å². The Kier molecular flexibility index (Phi) is 7.19. The SMILES string of the molecule is C[C@H]1CN(c2ccc(C#N)c(C(F)(F)F)c2F)CCN1c1ccc(N2CCC(C3OCCO3)CC2)cc1. The van der Waals surface area contributed by atoms with E-state index in [1.165, 1.54) is 12.1 Å². The lowest BCUT2D eigenvalue weighted by Crippen LogP contribution is -2.52. The molecular weight excluding hydrogens is 488 g/mol. The Bertz CT molecular complexity index is 1140. The minimum absolute atomic E-state index is 0.0499. The Labute approximate surface area is 214 Å². The van der Waals surface area contributed by atoms with Crippen LogP contribution in [0.25, 0.3) is 0 Å². The first-order valence-electron chi connectivity index (χ1n) is 12.7. The molecule has 0 unspecified atom stereocenters. The lowest BCUT2D eigenvalue weighted by molar-refractivity contribution is -0.140. The number of piperidine rings is 1. The van der Waals surface area contributed by atoms with Gasteiger partial charge in [0.25, 0.3) is 0 Å². The van der Waals surface area contributed by atoms with E-state index >= 15 is 0 Å². The van der Waals surface area contributed by atoms with Crippen molar-refractivity contribution in [3.63, 3.8) is 0 Å². The zero-order valence-corrected chi connectivity index (χ0v) is 20.7. The van der Waals surface area contributed by atoms with Crippen LogP contribution >= 0.6 is 0 Å². The summed E-state index contributed by atoms with van der Waals surface area (Å²) in [5.41, 5.74) is -0.142. The van der Waals surface area contributed by atoms with Crippen molar-refractivity contribution in [1.82, 2.24) is 0 Å². The number of hydrogen-bond acceptors (Lipinski definition) is 6. The molecule has 3 fully saturated rings. The van der Waals surface area contributed by atoms with Gasteiger partial charge in [-0.05, 0) is 56.2 Å². The summed E-state index contributed by atoms with van der Waals surface area (Å²) in [6.07, 6.45) is -2.96. The van der Waals surface area contributed by atoms with Crippen molar-refractivity contribution in [2.45, 2.75) is 38.3 Å². The van der Waals surface area contributed by atoms with Gasteiger partial charge in [-0.15, -0.1) is 0 Å². The highest BCUT2D eigenvalue weighted by Crippen LogP contribution is 2.38. The van der Waals surface area contributed by atoms with Crippen molar-refractivity contribution in [3.8, 4) is 6.07 Å². The smallest absolute Gasteiger partial charge is 0.372 e. The molecule has 0 N–H and O–H groups in total. The second-order valence-corrected chi connectivity index (χ2v) is 9.87. The van der Waals surface area contributed by atoms with E-state index in [1.54, 1.807) is 4.90 Å². The lowest BCUT2D eigenvalue weighted by Gasteiger charge is -2.42. The van der Waals surface area contributed by atoms with Gasteiger partial charge < -0.3 is 24.2 Å². The van der Waals surface area contributed by atoms with E-state index < -0.39 is 23.1 Å². The molecule has 0 bridgehead atoms. The molecule has 6 nitrogen and oxygen atoms in total. The second-order valence-electron chi connectivity index (χ2n) is 9.87. The van der Waals surface area contributed by atoms with Crippen LogP contribution in [-0.2, 0) is 15.7 Å². The zero-order valence-electron chi connectivity index (χ0n) is 20.7. The average Bonchev–Trinajstić information content (AvgIpc) is 3.43. The number of ether oxygens (including phenoxy) is 2. The molecule has 198 valence electrons. The van der Waals surface area contributed by atoms with Gasteiger partial charge in [0.05, 0.1) is 30.5 Å². The summed E-state index contributed by atoms with van der Waals surface area (Å²) >= 11 is 0. The number of hydrogen-bond donors (Lipinski definition) is 0. The third-order valence-electron chi connectivity index (χ3n) is 7.61. The number of rotatable bonds is 4. The van der Waals surface area contributed by atoms with E-state index in [4.69, 9.17) is 14.7 Å². The molecule has 3 saturated heterocycles. The Balaban J connectivity index is 1.23. The fourth-order valence-corrected chi connectivity index (χ4v) is 5.67. The minimum Gasteiger partial charge on any atom is -0.372 e. The number of piperazine rings is 1. The predicted molar refractivity (Wildman–Crippen MR) is 132 cm³/mol. The van der Waals surface area contributed by atoms with E-state index in [2.05, 4.69) is 34.1 Å². The third kappa shape index (κ3) is 5.20. The number of anilines is 3. The Morgan fingerprint density at radius 3 is 2.14 bits per heavy atom. The zero-order chi connectivity index (χ0) is 26.2. The topological polar surface area (TPSA) is 52.0 Å². The highest BCUT2D eigenvalue weighted by Gasteiger charge is 2.39. The summed E-state index contributed by atoms with van der Waals surface area (Å²) in [5, 5.41) is 9.02. The van der Waals surface area contributed by atoms with Crippen LogP contribution in [0.2, 0.25) is 0 Å². The first-order chi connectivity index (χ1) is 17.8. The monoisotopic (exact) mass is 518 g/mol. The largest absolute Gasteiger partial charge is 0.420 e. The summed E-state index contributed by atoms with van der Waals surface area (Å²) in [4.78, 5) is 6.18. The summed E-state index contributed by atoms with van der Waals surface area (Å²) < 4.78 is 66.6. The molecule has 1 atom stereocenters. The van der Waals surface area contributed by atoms with Gasteiger partial charge in [-0.2, -0.15) is 18.4 Å². The van der Waals surface area contributed by atoms with E-state index in [0.29, 0.717) is 38.8 Å². The van der Waals surface area contributed by atoms with Crippen LogP contribution in [0, 0.1) is 23.1 Å². The lowest BCUT2D eigenvalue weighted by atomic mass is 9.95. The van der Waals surface area contributed by atoms with Gasteiger partial charge in [-0.1, -0.05) is 0 Å². The molecule has 5 rings (SSSR count). The van der Waals surface area contributed by atoms with Crippen molar-refractivity contribution in [2.24, 2.45) is 5.92 Å². The highest BCUT2D eigenvalue weighted by molar-refractivity contribution is 5.60. The summed E-state index contributed by atoms with van der Waals surface area (Å²) in [6.45, 7) is 6.48. The van der Waals surface area contributed by atoms with Crippen molar-refractivity contribution in [2.75, 3.05) is 60.6 Å². The standard InChI is InChI=1S/C27H30F4N4O2/c1-18-17-34(23-7-2-20(16-32)24(25(23)28)27(29,30)31)12-13-35(18)22-5-3-21(4-6-22)33-10-8-19(9-11-33)26-36-14-15-37-26/h2-7,18-19,26H,8-15,17H2,1H3/t18-/m0/s1. The van der Waals surface area contributed by atoms with Crippen LogP contribution in [0.1, 0.15) is 30.9 Å². The van der Waals surface area contributed by atoms with Gasteiger partial charge >= 0.3 is 6.18 Å². The normalized spacial score (nSPS) is 21.9. The maximum atomic E-state index is 14.9. The van der Waals surface area contributed by atoms with Crippen molar-refractivity contribution < 1.29 is 27.0 Å². The van der Waals surface area contributed by atoms with Gasteiger partial charge in [0.1, 0.15) is 5.56 Å². The van der Waals surface area contributed by atoms with Crippen LogP contribution < -0.4 is 14.7 Å². The first kappa shape index (κ1) is 25.6. The number of nitrogens with zero attached hydrogens (tertiary/aromatic N) is 4. The fraction of sp³-hybridized carbons (Fsp3) is 0.519. The molecule has 37 heavy (non-hydrogen) atoms. The molecule has 10 heteroatoms. The van der Waals surface area contributed by atoms with Crippen LogP contribution in [0.15, 0.2) is 36.4 Å². The van der Waals surface area contributed by atoms with E-state index in [9.17, 15) is 17.6 Å². The number of nitriles is 1. The third-order valence-corrected chi connectivity index (χ3v) is 7.61. The molecule has 2 aromatic rings. The van der Waals surface area contributed by atoms with Crippen LogP contribution in [0.4, 0.5) is 34.6 Å². The number of halogens is 4. The predicted octanol–water partition coefficient (Wildman–Crippen LogP) is 5.02. The van der Waals surface area contributed by atoms with Crippen LogP contribution in [-0.4, -0.2) is 58.3 Å². The fourth-order valence-electron chi connectivity index (χ4n) is 5.67. The van der Waals surface area contributed by atoms with Gasteiger partial charge in [0.2, 0.25) is 0 Å². The molecule has 0 amide bonds. The van der Waals surface area contributed by atoms with E-state index in [-0.39, 0.29) is 18.0 Å². The molecular formula is C27H30F4N4O2. The van der Waals surface area contributed by atoms with Crippen molar-refractivity contribution >= 4 is 17.1 Å². The first-order valence-corrected chi connectivity index (χ1v) is 12.7. The van der Waals surface area contributed by atoms with Crippen molar-refractivity contribution in [3.05, 3.63) is 53.3 Å². The van der Waals surface area contributed by atoms with Crippen LogP contribution in [0.5, 0.6) is 0 Å². The average molecular weight is 519 g/mol. The van der Waals surface area contributed by atoms with Gasteiger partial charge in [-0.3, -0.25) is 0 Å². The Morgan fingerprint density at radius 1 is 0.892 bits per heavy atom. The minimum atomic E-state index is -4.94. The summed E-state index contributed by atoms with van der Waals surface area (Å²) in [5.74, 6) is -0.949.